The molecular weight excluding hydrogens is 384 g/mol. The van der Waals surface area contributed by atoms with E-state index in [1.807, 2.05) is 27.8 Å². The standard InChI is InChI=1S/C23H28N2O3S/c1-28-20-5-6-21-16(13-20)3-2-4-17(21)14-22(26)25-10-7-19(8-11-25)24-23(27)18-9-12-29-15-18/h5-6,9,12-13,15,17,19H,2-4,7-8,10-11,14H2,1H3,(H,24,27). The molecule has 2 aliphatic rings. The van der Waals surface area contributed by atoms with E-state index in [0.29, 0.717) is 12.3 Å². The Morgan fingerprint density at radius 2 is 2.03 bits per heavy atom. The van der Waals surface area contributed by atoms with Crippen molar-refractivity contribution in [2.24, 2.45) is 0 Å². The lowest BCUT2D eigenvalue weighted by molar-refractivity contribution is -0.132. The molecule has 29 heavy (non-hydrogen) atoms. The maximum atomic E-state index is 12.9. The van der Waals surface area contributed by atoms with Crippen LogP contribution >= 0.6 is 11.3 Å². The number of carbonyl (C=O) groups is 2. The van der Waals surface area contributed by atoms with Crippen LogP contribution in [-0.4, -0.2) is 43.0 Å². The lowest BCUT2D eigenvalue weighted by atomic mass is 9.80. The predicted molar refractivity (Wildman–Crippen MR) is 115 cm³/mol. The number of likely N-dealkylation sites (tertiary alicyclic amines) is 1. The second kappa shape index (κ2) is 8.99. The number of thiophene rings is 1. The molecular formula is C23H28N2O3S. The van der Waals surface area contributed by atoms with Gasteiger partial charge in [0, 0.05) is 36.5 Å². The summed E-state index contributed by atoms with van der Waals surface area (Å²) < 4.78 is 5.35. The smallest absolute Gasteiger partial charge is 0.252 e. The molecule has 2 amide bonds. The highest BCUT2D eigenvalue weighted by Gasteiger charge is 2.28. The lowest BCUT2D eigenvalue weighted by Gasteiger charge is -2.34. The van der Waals surface area contributed by atoms with E-state index in [-0.39, 0.29) is 17.9 Å². The maximum absolute atomic E-state index is 12.9. The zero-order valence-corrected chi connectivity index (χ0v) is 17.7. The first-order valence-electron chi connectivity index (χ1n) is 10.4. The third-order valence-corrected chi connectivity index (χ3v) is 6.86. The summed E-state index contributed by atoms with van der Waals surface area (Å²) in [7, 11) is 1.69. The van der Waals surface area contributed by atoms with Crippen LogP contribution in [0.4, 0.5) is 0 Å². The normalized spacial score (nSPS) is 19.5. The van der Waals surface area contributed by atoms with Crippen molar-refractivity contribution in [3.05, 3.63) is 51.7 Å². The fraction of sp³-hybridized carbons (Fsp3) is 0.478. The van der Waals surface area contributed by atoms with Crippen molar-refractivity contribution in [3.8, 4) is 5.75 Å². The third-order valence-electron chi connectivity index (χ3n) is 6.18. The van der Waals surface area contributed by atoms with Gasteiger partial charge in [0.25, 0.3) is 5.91 Å². The van der Waals surface area contributed by atoms with Gasteiger partial charge < -0.3 is 15.0 Å². The van der Waals surface area contributed by atoms with Crippen molar-refractivity contribution >= 4 is 23.2 Å². The van der Waals surface area contributed by atoms with Gasteiger partial charge in [0.2, 0.25) is 5.91 Å². The molecule has 154 valence electrons. The SMILES string of the molecule is COc1ccc2c(c1)CCCC2CC(=O)N1CCC(NC(=O)c2ccsc2)CC1. The Hall–Kier alpha value is -2.34. The zero-order chi connectivity index (χ0) is 20.2. The molecule has 0 bridgehead atoms. The Morgan fingerprint density at radius 1 is 1.21 bits per heavy atom. The number of aryl methyl sites for hydroxylation is 1. The predicted octanol–water partition coefficient (Wildman–Crippen LogP) is 3.99. The highest BCUT2D eigenvalue weighted by molar-refractivity contribution is 7.08. The first-order chi connectivity index (χ1) is 14.1. The van der Waals surface area contributed by atoms with Crippen molar-refractivity contribution in [1.82, 2.24) is 10.2 Å². The largest absolute Gasteiger partial charge is 0.497 e. The van der Waals surface area contributed by atoms with Crippen LogP contribution in [0.5, 0.6) is 5.75 Å². The lowest BCUT2D eigenvalue weighted by Crippen LogP contribution is -2.46. The topological polar surface area (TPSA) is 58.6 Å². The van der Waals surface area contributed by atoms with E-state index in [0.717, 1.165) is 56.5 Å². The fourth-order valence-electron chi connectivity index (χ4n) is 4.51. The van der Waals surface area contributed by atoms with Gasteiger partial charge in [0.05, 0.1) is 7.11 Å². The number of piperidine rings is 1. The summed E-state index contributed by atoms with van der Waals surface area (Å²) in [5.41, 5.74) is 3.35. The number of ether oxygens (including phenoxy) is 1. The molecule has 0 saturated carbocycles. The number of methoxy groups -OCH3 is 1. The molecule has 0 radical (unpaired) electrons. The highest BCUT2D eigenvalue weighted by Crippen LogP contribution is 2.36. The molecule has 0 spiro atoms. The van der Waals surface area contributed by atoms with Crippen molar-refractivity contribution in [2.45, 2.75) is 50.5 Å². The van der Waals surface area contributed by atoms with Crippen molar-refractivity contribution in [3.63, 3.8) is 0 Å². The van der Waals surface area contributed by atoms with E-state index >= 15 is 0 Å². The van der Waals surface area contributed by atoms with Gasteiger partial charge >= 0.3 is 0 Å². The summed E-state index contributed by atoms with van der Waals surface area (Å²) in [5, 5.41) is 6.88. The van der Waals surface area contributed by atoms with Crippen LogP contribution in [0.3, 0.4) is 0 Å². The summed E-state index contributed by atoms with van der Waals surface area (Å²) in [6, 6.07) is 8.25. The van der Waals surface area contributed by atoms with E-state index < -0.39 is 0 Å². The van der Waals surface area contributed by atoms with Gasteiger partial charge in [-0.15, -0.1) is 0 Å². The minimum Gasteiger partial charge on any atom is -0.497 e. The molecule has 4 rings (SSSR count). The van der Waals surface area contributed by atoms with Gasteiger partial charge in [-0.2, -0.15) is 11.3 Å². The minimum absolute atomic E-state index is 0.00901. The molecule has 1 aliphatic heterocycles. The molecule has 6 heteroatoms. The summed E-state index contributed by atoms with van der Waals surface area (Å²) in [6.45, 7) is 1.44. The number of nitrogens with one attached hydrogen (secondary N) is 1. The van der Waals surface area contributed by atoms with E-state index in [9.17, 15) is 9.59 Å². The van der Waals surface area contributed by atoms with E-state index in [1.165, 1.54) is 22.5 Å². The summed E-state index contributed by atoms with van der Waals surface area (Å²) >= 11 is 1.53. The summed E-state index contributed by atoms with van der Waals surface area (Å²) in [4.78, 5) is 27.1. The maximum Gasteiger partial charge on any atom is 0.252 e. The van der Waals surface area contributed by atoms with E-state index in [1.54, 1.807) is 7.11 Å². The van der Waals surface area contributed by atoms with Gasteiger partial charge in [-0.3, -0.25) is 9.59 Å². The molecule has 1 unspecified atom stereocenters. The highest BCUT2D eigenvalue weighted by atomic mass is 32.1. The number of carbonyl (C=O) groups excluding carboxylic acids is 2. The monoisotopic (exact) mass is 412 g/mol. The van der Waals surface area contributed by atoms with Crippen LogP contribution in [0.2, 0.25) is 0 Å². The van der Waals surface area contributed by atoms with Crippen LogP contribution in [0.25, 0.3) is 0 Å². The van der Waals surface area contributed by atoms with Gasteiger partial charge in [-0.25, -0.2) is 0 Å². The van der Waals surface area contributed by atoms with Crippen LogP contribution in [0.15, 0.2) is 35.0 Å². The Kier molecular flexibility index (Phi) is 6.19. The quantitative estimate of drug-likeness (QED) is 0.808. The van der Waals surface area contributed by atoms with Crippen LogP contribution in [0.1, 0.15) is 59.5 Å². The van der Waals surface area contributed by atoms with Gasteiger partial charge in [0.1, 0.15) is 5.75 Å². The second-order valence-corrected chi connectivity index (χ2v) is 8.78. The molecule has 1 aromatic heterocycles. The number of fused-ring (bicyclic) bond motifs is 1. The van der Waals surface area contributed by atoms with Crippen molar-refractivity contribution < 1.29 is 14.3 Å². The molecule has 1 N–H and O–H groups in total. The van der Waals surface area contributed by atoms with Crippen LogP contribution in [-0.2, 0) is 11.2 Å². The summed E-state index contributed by atoms with van der Waals surface area (Å²) in [6.07, 6.45) is 5.46. The molecule has 1 fully saturated rings. The molecule has 2 aromatic rings. The van der Waals surface area contributed by atoms with E-state index in [4.69, 9.17) is 4.74 Å². The number of nitrogens with zero attached hydrogens (tertiary/aromatic N) is 1. The van der Waals surface area contributed by atoms with Crippen LogP contribution in [0, 0.1) is 0 Å². The van der Waals surface area contributed by atoms with Gasteiger partial charge in [0.15, 0.2) is 0 Å². The second-order valence-electron chi connectivity index (χ2n) is 8.00. The Balaban J connectivity index is 1.30. The Labute approximate surface area is 176 Å². The molecule has 1 saturated heterocycles. The average Bonchev–Trinajstić information content (AvgIpc) is 3.29. The number of rotatable bonds is 5. The van der Waals surface area contributed by atoms with E-state index in [2.05, 4.69) is 17.4 Å². The van der Waals surface area contributed by atoms with Gasteiger partial charge in [-0.05, 0) is 72.7 Å². The molecule has 1 atom stereocenters. The zero-order valence-electron chi connectivity index (χ0n) is 16.9. The number of hydrogen-bond donors (Lipinski definition) is 1. The van der Waals surface area contributed by atoms with Crippen LogP contribution < -0.4 is 10.1 Å². The molecule has 1 aliphatic carbocycles. The van der Waals surface area contributed by atoms with Crippen molar-refractivity contribution in [2.75, 3.05) is 20.2 Å². The number of amides is 2. The Morgan fingerprint density at radius 3 is 2.76 bits per heavy atom. The molecule has 2 heterocycles. The molecule has 1 aromatic carbocycles. The first-order valence-corrected chi connectivity index (χ1v) is 11.4. The number of benzene rings is 1. The average molecular weight is 413 g/mol. The third kappa shape index (κ3) is 4.64. The van der Waals surface area contributed by atoms with Crippen molar-refractivity contribution in [1.29, 1.82) is 0 Å². The number of hydrogen-bond acceptors (Lipinski definition) is 4. The minimum atomic E-state index is -0.00901. The molecule has 5 nitrogen and oxygen atoms in total. The fourth-order valence-corrected chi connectivity index (χ4v) is 5.14. The Bertz CT molecular complexity index is 857. The first kappa shape index (κ1) is 20.0. The summed E-state index contributed by atoms with van der Waals surface area (Å²) in [5.74, 6) is 1.42. The van der Waals surface area contributed by atoms with Gasteiger partial charge in [-0.1, -0.05) is 6.07 Å².